The van der Waals surface area contributed by atoms with E-state index in [9.17, 15) is 14.4 Å². The molecule has 0 aromatic carbocycles. The van der Waals surface area contributed by atoms with Gasteiger partial charge in [0.25, 0.3) is 5.91 Å². The molecule has 1 fully saturated rings. The fourth-order valence-corrected chi connectivity index (χ4v) is 1.11. The summed E-state index contributed by atoms with van der Waals surface area (Å²) in [6.45, 7) is 6.63. The second-order valence-electron chi connectivity index (χ2n) is 3.56. The van der Waals surface area contributed by atoms with Gasteiger partial charge in [-0.05, 0) is 6.08 Å². The van der Waals surface area contributed by atoms with Crippen molar-refractivity contribution >= 4 is 17.8 Å². The summed E-state index contributed by atoms with van der Waals surface area (Å²) >= 11 is 0. The van der Waals surface area contributed by atoms with Crippen LogP contribution in [-0.2, 0) is 19.1 Å². The molecule has 0 spiro atoms. The Hall–Kier alpha value is -1.65. The Morgan fingerprint density at radius 1 is 1.60 bits per heavy atom. The van der Waals surface area contributed by atoms with Crippen molar-refractivity contribution in [2.24, 2.45) is 5.92 Å². The molecular weight excluding hydrogens is 198 g/mol. The number of amides is 2. The fourth-order valence-electron chi connectivity index (χ4n) is 1.11. The summed E-state index contributed by atoms with van der Waals surface area (Å²) in [5.41, 5.74) is 0. The Labute approximate surface area is 87.7 Å². The second-order valence-corrected chi connectivity index (χ2v) is 3.56. The highest BCUT2D eigenvalue weighted by Crippen LogP contribution is 2.21. The normalized spacial score (nSPS) is 19.8. The summed E-state index contributed by atoms with van der Waals surface area (Å²) in [6, 6.07) is 0. The third kappa shape index (κ3) is 2.23. The van der Waals surface area contributed by atoms with Crippen molar-refractivity contribution < 1.29 is 19.1 Å². The molecule has 0 radical (unpaired) electrons. The van der Waals surface area contributed by atoms with E-state index in [2.05, 4.69) is 6.58 Å². The van der Waals surface area contributed by atoms with Gasteiger partial charge in [0.05, 0.1) is 12.3 Å². The smallest absolute Gasteiger partial charge is 0.310 e. The minimum Gasteiger partial charge on any atom is -0.440 e. The average molecular weight is 211 g/mol. The maximum Gasteiger partial charge on any atom is 0.310 e. The largest absolute Gasteiger partial charge is 0.440 e. The molecular formula is C10H13NO4. The number of imide groups is 1. The highest BCUT2D eigenvalue weighted by molar-refractivity contribution is 6.04. The van der Waals surface area contributed by atoms with Crippen LogP contribution in [0.3, 0.4) is 0 Å². The number of likely N-dealkylation sites (tertiary alicyclic amines) is 1. The first-order valence-corrected chi connectivity index (χ1v) is 4.66. The highest BCUT2D eigenvalue weighted by Gasteiger charge is 2.42. The fraction of sp³-hybridized carbons (Fsp3) is 0.500. The number of nitrogens with zero attached hydrogens (tertiary/aromatic N) is 1. The molecule has 2 amide bonds. The summed E-state index contributed by atoms with van der Waals surface area (Å²) in [5, 5.41) is 0. The molecule has 5 nitrogen and oxygen atoms in total. The van der Waals surface area contributed by atoms with E-state index in [4.69, 9.17) is 4.74 Å². The first kappa shape index (κ1) is 11.4. The zero-order chi connectivity index (χ0) is 11.6. The average Bonchev–Trinajstić information content (AvgIpc) is 2.16. The van der Waals surface area contributed by atoms with Crippen molar-refractivity contribution in [3.05, 3.63) is 12.7 Å². The number of ether oxygens (including phenoxy) is 1. The Kier molecular flexibility index (Phi) is 3.24. The molecule has 1 unspecified atom stereocenters. The van der Waals surface area contributed by atoms with Crippen molar-refractivity contribution in [2.45, 2.75) is 26.5 Å². The number of esters is 1. The number of hydrogen-bond donors (Lipinski definition) is 0. The molecule has 0 aliphatic carbocycles. The predicted octanol–water partition coefficient (Wildman–Crippen LogP) is 0.457. The lowest BCUT2D eigenvalue weighted by Gasteiger charge is -2.36. The van der Waals surface area contributed by atoms with E-state index in [1.807, 2.05) is 0 Å². The lowest BCUT2D eigenvalue weighted by atomic mass is 10.1. The predicted molar refractivity (Wildman–Crippen MR) is 51.4 cm³/mol. The van der Waals surface area contributed by atoms with Gasteiger partial charge in [0, 0.05) is 0 Å². The van der Waals surface area contributed by atoms with Gasteiger partial charge < -0.3 is 4.74 Å². The van der Waals surface area contributed by atoms with Crippen LogP contribution in [0, 0.1) is 5.92 Å². The van der Waals surface area contributed by atoms with Crippen molar-refractivity contribution in [2.75, 3.05) is 0 Å². The molecule has 5 heteroatoms. The monoisotopic (exact) mass is 211 g/mol. The van der Waals surface area contributed by atoms with Crippen LogP contribution in [0.2, 0.25) is 0 Å². The third-order valence-electron chi connectivity index (χ3n) is 2.04. The summed E-state index contributed by atoms with van der Waals surface area (Å²) in [4.78, 5) is 34.3. The molecule has 0 saturated carbocycles. The second kappa shape index (κ2) is 4.25. The number of carbonyl (C=O) groups is 3. The van der Waals surface area contributed by atoms with Gasteiger partial charge >= 0.3 is 5.97 Å². The number of rotatable bonds is 3. The maximum absolute atomic E-state index is 11.2. The molecule has 15 heavy (non-hydrogen) atoms. The van der Waals surface area contributed by atoms with E-state index >= 15 is 0 Å². The zero-order valence-electron chi connectivity index (χ0n) is 8.73. The molecule has 1 atom stereocenters. The van der Waals surface area contributed by atoms with Gasteiger partial charge in [-0.1, -0.05) is 20.4 Å². The Morgan fingerprint density at radius 3 is 2.60 bits per heavy atom. The number of β-lactam (4-membered cyclic amide) rings is 1. The van der Waals surface area contributed by atoms with E-state index in [0.29, 0.717) is 0 Å². The van der Waals surface area contributed by atoms with Gasteiger partial charge in [0.2, 0.25) is 5.91 Å². The van der Waals surface area contributed by atoms with Crippen LogP contribution in [0.1, 0.15) is 20.3 Å². The van der Waals surface area contributed by atoms with Crippen LogP contribution in [0.5, 0.6) is 0 Å². The lowest BCUT2D eigenvalue weighted by molar-refractivity contribution is -0.187. The molecule has 0 aromatic heterocycles. The van der Waals surface area contributed by atoms with Crippen LogP contribution in [-0.4, -0.2) is 28.9 Å². The molecule has 0 bridgehead atoms. The van der Waals surface area contributed by atoms with E-state index in [1.165, 1.54) is 0 Å². The third-order valence-corrected chi connectivity index (χ3v) is 2.04. The molecule has 0 aromatic rings. The van der Waals surface area contributed by atoms with Gasteiger partial charge in [-0.25, -0.2) is 4.90 Å². The van der Waals surface area contributed by atoms with Gasteiger partial charge in [0.15, 0.2) is 6.23 Å². The highest BCUT2D eigenvalue weighted by atomic mass is 16.6. The van der Waals surface area contributed by atoms with Crippen molar-refractivity contribution in [3.8, 4) is 0 Å². The molecule has 1 aliphatic rings. The number of hydrogen-bond acceptors (Lipinski definition) is 4. The van der Waals surface area contributed by atoms with E-state index in [0.717, 1.165) is 11.0 Å². The summed E-state index contributed by atoms with van der Waals surface area (Å²) < 4.78 is 4.95. The van der Waals surface area contributed by atoms with Gasteiger partial charge in [-0.3, -0.25) is 14.4 Å². The van der Waals surface area contributed by atoms with Crippen LogP contribution in [0.15, 0.2) is 12.7 Å². The van der Waals surface area contributed by atoms with Crippen LogP contribution >= 0.6 is 0 Å². The minimum absolute atomic E-state index is 0.0675. The van der Waals surface area contributed by atoms with Crippen LogP contribution in [0.25, 0.3) is 0 Å². The Balaban J connectivity index is 2.58. The summed E-state index contributed by atoms with van der Waals surface area (Å²) in [5.74, 6) is -1.58. The summed E-state index contributed by atoms with van der Waals surface area (Å²) in [7, 11) is 0. The van der Waals surface area contributed by atoms with Crippen molar-refractivity contribution in [1.29, 1.82) is 0 Å². The lowest BCUT2D eigenvalue weighted by Crippen LogP contribution is -2.57. The molecule has 1 rings (SSSR count). The molecule has 1 aliphatic heterocycles. The summed E-state index contributed by atoms with van der Waals surface area (Å²) in [6.07, 6.45) is 0.337. The van der Waals surface area contributed by atoms with Crippen LogP contribution in [0.4, 0.5) is 0 Å². The maximum atomic E-state index is 11.2. The quantitative estimate of drug-likeness (QED) is 0.386. The molecule has 1 saturated heterocycles. The van der Waals surface area contributed by atoms with Gasteiger partial charge in [-0.15, -0.1) is 0 Å². The van der Waals surface area contributed by atoms with Gasteiger partial charge in [-0.2, -0.15) is 0 Å². The first-order valence-electron chi connectivity index (χ1n) is 4.66. The van der Waals surface area contributed by atoms with Crippen molar-refractivity contribution in [3.63, 3.8) is 0 Å². The van der Waals surface area contributed by atoms with Crippen LogP contribution < -0.4 is 0 Å². The molecule has 1 heterocycles. The topological polar surface area (TPSA) is 63.7 Å². The Bertz CT molecular complexity index is 321. The Morgan fingerprint density at radius 2 is 2.20 bits per heavy atom. The zero-order valence-corrected chi connectivity index (χ0v) is 8.73. The number of carbonyl (C=O) groups excluding carboxylic acids is 3. The van der Waals surface area contributed by atoms with Crippen molar-refractivity contribution in [1.82, 2.24) is 4.90 Å². The van der Waals surface area contributed by atoms with E-state index < -0.39 is 18.1 Å². The standard InChI is InChI=1S/C10H13NO4/c1-4-7(12)11-8(13)5-9(11)15-10(14)6(2)3/h4,6,9H,1,5H2,2-3H3. The first-order chi connectivity index (χ1) is 6.97. The SMILES string of the molecule is C=CC(=O)N1C(=O)CC1OC(=O)C(C)C. The molecule has 82 valence electrons. The molecule has 0 N–H and O–H groups in total. The van der Waals surface area contributed by atoms with Gasteiger partial charge in [0.1, 0.15) is 0 Å². The van der Waals surface area contributed by atoms with E-state index in [-0.39, 0.29) is 18.2 Å². The van der Waals surface area contributed by atoms with E-state index in [1.54, 1.807) is 13.8 Å². The minimum atomic E-state index is -0.752.